The van der Waals surface area contributed by atoms with Gasteiger partial charge in [-0.15, -0.1) is 16.4 Å². The fourth-order valence-corrected chi connectivity index (χ4v) is 6.47. The van der Waals surface area contributed by atoms with E-state index in [1.54, 1.807) is 14.0 Å². The van der Waals surface area contributed by atoms with Crippen molar-refractivity contribution >= 4 is 62.6 Å². The predicted molar refractivity (Wildman–Crippen MR) is 156 cm³/mol. The Morgan fingerprint density at radius 2 is 1.69 bits per heavy atom. The number of thiazole rings is 1. The first-order chi connectivity index (χ1) is 19.0. The first-order valence-corrected chi connectivity index (χ1v) is 14.8. The smallest absolute Gasteiger partial charge is 0.237 e. The molecule has 0 unspecified atom stereocenters. The second-order valence-electron chi connectivity index (χ2n) is 8.61. The molecule has 198 valence electrons. The van der Waals surface area contributed by atoms with Crippen LogP contribution in [0.4, 0.5) is 5.69 Å². The second-order valence-corrected chi connectivity index (χ2v) is 12.2. The summed E-state index contributed by atoms with van der Waals surface area (Å²) in [5, 5.41) is 17.6. The Labute approximate surface area is 237 Å². The van der Waals surface area contributed by atoms with Gasteiger partial charge in [0.15, 0.2) is 4.34 Å². The van der Waals surface area contributed by atoms with Crippen LogP contribution in [-0.4, -0.2) is 48.0 Å². The molecule has 3 aromatic carbocycles. The number of fused-ring (bicyclic) bond motifs is 1. The summed E-state index contributed by atoms with van der Waals surface area (Å²) in [6.45, 7) is 1.81. The van der Waals surface area contributed by atoms with Gasteiger partial charge >= 0.3 is 0 Å². The maximum absolute atomic E-state index is 12.9. The Kier molecular flexibility index (Phi) is 8.54. The molecule has 2 amide bonds. The van der Waals surface area contributed by atoms with Crippen LogP contribution in [0.1, 0.15) is 24.1 Å². The van der Waals surface area contributed by atoms with Gasteiger partial charge in [-0.1, -0.05) is 84.2 Å². The molecule has 0 bridgehead atoms. The summed E-state index contributed by atoms with van der Waals surface area (Å²) >= 11 is 4.18. The fourth-order valence-electron chi connectivity index (χ4n) is 3.80. The van der Waals surface area contributed by atoms with Crippen molar-refractivity contribution < 1.29 is 9.59 Å². The van der Waals surface area contributed by atoms with Gasteiger partial charge in [-0.25, -0.2) is 9.67 Å². The zero-order valence-electron chi connectivity index (χ0n) is 21.1. The number of benzene rings is 3. The number of tetrazole rings is 1. The highest BCUT2D eigenvalue weighted by Gasteiger charge is 2.19. The zero-order valence-corrected chi connectivity index (χ0v) is 23.6. The summed E-state index contributed by atoms with van der Waals surface area (Å²) in [5.41, 5.74) is 3.55. The molecule has 9 nitrogen and oxygen atoms in total. The van der Waals surface area contributed by atoms with Gasteiger partial charge in [-0.3, -0.25) is 9.59 Å². The largest absolute Gasteiger partial charge is 0.344 e. The summed E-state index contributed by atoms with van der Waals surface area (Å²) < 4.78 is 3.25. The van der Waals surface area contributed by atoms with Crippen molar-refractivity contribution in [3.63, 3.8) is 0 Å². The van der Waals surface area contributed by atoms with E-state index in [-0.39, 0.29) is 28.9 Å². The van der Waals surface area contributed by atoms with E-state index < -0.39 is 0 Å². The van der Waals surface area contributed by atoms with Crippen LogP contribution < -0.4 is 10.6 Å². The van der Waals surface area contributed by atoms with Crippen LogP contribution in [-0.2, 0) is 16.6 Å². The van der Waals surface area contributed by atoms with Crippen molar-refractivity contribution in [1.29, 1.82) is 0 Å². The maximum Gasteiger partial charge on any atom is 0.237 e. The minimum atomic E-state index is -0.382. The molecule has 2 aromatic heterocycles. The molecule has 0 aliphatic carbocycles. The quantitative estimate of drug-likeness (QED) is 0.225. The number of rotatable bonds is 10. The normalized spacial score (nSPS) is 12.0. The Morgan fingerprint density at radius 3 is 2.33 bits per heavy atom. The highest BCUT2D eigenvalue weighted by molar-refractivity contribution is 8.01. The number of amides is 2. The van der Waals surface area contributed by atoms with Crippen LogP contribution >= 0.6 is 34.9 Å². The first kappa shape index (κ1) is 26.9. The molecule has 12 heteroatoms. The molecule has 0 radical (unpaired) electrons. The van der Waals surface area contributed by atoms with Crippen molar-refractivity contribution in [2.45, 2.75) is 27.7 Å². The number of carbonyl (C=O) groups excluding carboxylic acids is 2. The van der Waals surface area contributed by atoms with Gasteiger partial charge in [0.05, 0.1) is 27.3 Å². The van der Waals surface area contributed by atoms with E-state index in [0.717, 1.165) is 25.7 Å². The monoisotopic (exact) mass is 575 g/mol. The molecule has 2 N–H and O–H groups in total. The summed E-state index contributed by atoms with van der Waals surface area (Å²) in [6.07, 6.45) is 0. The van der Waals surface area contributed by atoms with Crippen LogP contribution in [0, 0.1) is 0 Å². The van der Waals surface area contributed by atoms with Crippen LogP contribution in [0.25, 0.3) is 10.2 Å². The molecule has 5 rings (SSSR count). The third-order valence-corrected chi connectivity index (χ3v) is 9.05. The van der Waals surface area contributed by atoms with Gasteiger partial charge in [-0.05, 0) is 46.7 Å². The summed E-state index contributed by atoms with van der Waals surface area (Å²) in [4.78, 5) is 30.3. The number of hydrogen-bond donors (Lipinski definition) is 2. The van der Waals surface area contributed by atoms with Gasteiger partial charge in [0.25, 0.3) is 0 Å². The summed E-state index contributed by atoms with van der Waals surface area (Å²) in [5.74, 6) is 0.0182. The van der Waals surface area contributed by atoms with Crippen molar-refractivity contribution in [1.82, 2.24) is 30.5 Å². The van der Waals surface area contributed by atoms with Gasteiger partial charge in [0.2, 0.25) is 17.0 Å². The minimum absolute atomic E-state index is 0.0745. The van der Waals surface area contributed by atoms with Crippen molar-refractivity contribution in [2.75, 3.05) is 11.1 Å². The molecule has 0 aliphatic rings. The Balaban J connectivity index is 1.20. The molecule has 1 atom stereocenters. The molecule has 0 saturated carbocycles. The van der Waals surface area contributed by atoms with Crippen LogP contribution in [0.5, 0.6) is 0 Å². The van der Waals surface area contributed by atoms with E-state index >= 15 is 0 Å². The van der Waals surface area contributed by atoms with Crippen LogP contribution in [0.2, 0.25) is 0 Å². The number of carbonyl (C=O) groups is 2. The average Bonchev–Trinajstić information content (AvgIpc) is 3.56. The van der Waals surface area contributed by atoms with E-state index in [4.69, 9.17) is 0 Å². The van der Waals surface area contributed by atoms with Gasteiger partial charge in [0.1, 0.15) is 0 Å². The average molecular weight is 576 g/mol. The SMILES string of the molecule is C[C@H](Sc1nnnn1C)C(=O)Nc1ccc2nc(SCC(=O)NC(c3ccccc3)c3ccccc3)sc2c1. The van der Waals surface area contributed by atoms with E-state index in [0.29, 0.717) is 10.8 Å². The number of aromatic nitrogens is 5. The Bertz CT molecular complexity index is 1530. The highest BCUT2D eigenvalue weighted by atomic mass is 32.2. The van der Waals surface area contributed by atoms with Gasteiger partial charge < -0.3 is 10.6 Å². The zero-order chi connectivity index (χ0) is 27.2. The Hall–Kier alpha value is -3.74. The van der Waals surface area contributed by atoms with E-state index in [1.807, 2.05) is 78.9 Å². The number of nitrogens with one attached hydrogen (secondary N) is 2. The molecular formula is C27H25N7O2S3. The third-order valence-electron chi connectivity index (χ3n) is 5.77. The van der Waals surface area contributed by atoms with Crippen molar-refractivity contribution in [3.8, 4) is 0 Å². The van der Waals surface area contributed by atoms with Crippen molar-refractivity contribution in [3.05, 3.63) is 90.0 Å². The number of anilines is 1. The van der Waals surface area contributed by atoms with Crippen LogP contribution in [0.3, 0.4) is 0 Å². The lowest BCUT2D eigenvalue weighted by Crippen LogP contribution is -2.30. The predicted octanol–water partition coefficient (Wildman–Crippen LogP) is 4.94. The lowest BCUT2D eigenvalue weighted by molar-refractivity contribution is -0.119. The Morgan fingerprint density at radius 1 is 1.00 bits per heavy atom. The molecule has 0 aliphatic heterocycles. The van der Waals surface area contributed by atoms with E-state index in [9.17, 15) is 9.59 Å². The lowest BCUT2D eigenvalue weighted by atomic mass is 9.99. The first-order valence-electron chi connectivity index (χ1n) is 12.1. The molecule has 39 heavy (non-hydrogen) atoms. The molecule has 5 aromatic rings. The number of thioether (sulfide) groups is 2. The second kappa shape index (κ2) is 12.4. The van der Waals surface area contributed by atoms with Crippen LogP contribution in [0.15, 0.2) is 88.4 Å². The van der Waals surface area contributed by atoms with Crippen molar-refractivity contribution in [2.24, 2.45) is 7.05 Å². The fraction of sp³-hybridized carbons (Fsp3) is 0.185. The topological polar surface area (TPSA) is 115 Å². The van der Waals surface area contributed by atoms with E-state index in [2.05, 4.69) is 31.1 Å². The van der Waals surface area contributed by atoms with Gasteiger partial charge in [-0.2, -0.15) is 0 Å². The molecule has 0 spiro atoms. The summed E-state index contributed by atoms with van der Waals surface area (Å²) in [6, 6.07) is 25.2. The van der Waals surface area contributed by atoms with Gasteiger partial charge in [0, 0.05) is 12.7 Å². The summed E-state index contributed by atoms with van der Waals surface area (Å²) in [7, 11) is 1.73. The molecular weight excluding hydrogens is 551 g/mol. The third kappa shape index (κ3) is 6.83. The molecule has 0 saturated heterocycles. The van der Waals surface area contributed by atoms with E-state index in [1.165, 1.54) is 39.5 Å². The molecule has 0 fully saturated rings. The highest BCUT2D eigenvalue weighted by Crippen LogP contribution is 2.32. The molecule has 2 heterocycles. The number of hydrogen-bond acceptors (Lipinski definition) is 9. The maximum atomic E-state index is 12.9. The lowest BCUT2D eigenvalue weighted by Gasteiger charge is -2.19. The minimum Gasteiger partial charge on any atom is -0.344 e. The number of aryl methyl sites for hydroxylation is 1. The standard InChI is InChI=1S/C27H25N7O2S3/c1-17(38-26-31-32-33-34(26)2)25(36)28-20-13-14-21-22(15-20)39-27(29-21)37-16-23(35)30-24(18-9-5-3-6-10-18)19-11-7-4-8-12-19/h3-15,17,24H,16H2,1-2H3,(H,28,36)(H,30,35)/t17-/m0/s1. The number of nitrogens with zero attached hydrogens (tertiary/aromatic N) is 5.